The lowest BCUT2D eigenvalue weighted by Crippen LogP contribution is -2.57. The van der Waals surface area contributed by atoms with E-state index in [4.69, 9.17) is 14.6 Å². The van der Waals surface area contributed by atoms with E-state index in [0.29, 0.717) is 11.1 Å². The Morgan fingerprint density at radius 1 is 0.740 bits per heavy atom. The fraction of sp³-hybridized carbons (Fsp3) is 0.314. The van der Waals surface area contributed by atoms with Crippen molar-refractivity contribution >= 4 is 35.8 Å². The fourth-order valence-corrected chi connectivity index (χ4v) is 4.60. The van der Waals surface area contributed by atoms with Crippen LogP contribution in [-0.4, -0.2) is 75.4 Å². The van der Waals surface area contributed by atoms with Crippen LogP contribution in [0.15, 0.2) is 78.9 Å². The predicted molar refractivity (Wildman–Crippen MR) is 178 cm³/mol. The lowest BCUT2D eigenvalue weighted by molar-refractivity contribution is -0.139. The summed E-state index contributed by atoms with van der Waals surface area (Å²) in [6.45, 7) is 4.15. The lowest BCUT2D eigenvalue weighted by atomic mass is 10.0. The predicted octanol–water partition coefficient (Wildman–Crippen LogP) is 2.28. The Kier molecular flexibility index (Phi) is 13.8. The maximum atomic E-state index is 13.7. The molecule has 0 fully saturated rings. The number of amides is 4. The first-order chi connectivity index (χ1) is 23.6. The van der Waals surface area contributed by atoms with Crippen LogP contribution < -0.4 is 26.2 Å². The summed E-state index contributed by atoms with van der Waals surface area (Å²) in [5.41, 5.74) is 4.53. The second kappa shape index (κ2) is 18.0. The zero-order valence-electron chi connectivity index (χ0n) is 27.7. The smallest absolute Gasteiger partial charge is 0.408 e. The average molecular weight is 693 g/mol. The van der Waals surface area contributed by atoms with Crippen LogP contribution in [0.3, 0.4) is 0 Å². The van der Waals surface area contributed by atoms with Crippen LogP contribution in [0.5, 0.6) is 5.75 Å². The summed E-state index contributed by atoms with van der Waals surface area (Å²) >= 11 is 0. The van der Waals surface area contributed by atoms with Gasteiger partial charge in [-0.1, -0.05) is 66.7 Å². The number of aromatic carboxylic acids is 1. The number of hydrogen-bond acceptors (Lipinski definition) is 9. The van der Waals surface area contributed by atoms with Gasteiger partial charge in [0.2, 0.25) is 11.8 Å². The quantitative estimate of drug-likeness (QED) is 0.114. The van der Waals surface area contributed by atoms with Gasteiger partial charge in [0, 0.05) is 12.8 Å². The number of aliphatic hydroxyl groups excluding tert-OH is 1. The highest BCUT2D eigenvalue weighted by molar-refractivity contribution is 5.93. The van der Waals surface area contributed by atoms with E-state index in [1.165, 1.54) is 12.1 Å². The van der Waals surface area contributed by atoms with E-state index >= 15 is 0 Å². The number of nitrogens with one attached hydrogen (secondary N) is 4. The first-order valence-electron chi connectivity index (χ1n) is 15.5. The van der Waals surface area contributed by atoms with Crippen LogP contribution in [0.25, 0.3) is 0 Å². The Balaban J connectivity index is 1.86. The number of carbonyl (C=O) groups excluding carboxylic acids is 4. The maximum absolute atomic E-state index is 13.7. The van der Waals surface area contributed by atoms with Crippen molar-refractivity contribution in [3.8, 4) is 5.75 Å². The maximum Gasteiger partial charge on any atom is 0.408 e. The van der Waals surface area contributed by atoms with E-state index in [-0.39, 0.29) is 24.2 Å². The van der Waals surface area contributed by atoms with Crippen LogP contribution in [0.4, 0.5) is 4.79 Å². The van der Waals surface area contributed by atoms with Crippen LogP contribution >= 0.6 is 0 Å². The number of carboxylic acids is 2. The molecule has 15 heteroatoms. The van der Waals surface area contributed by atoms with Crippen molar-refractivity contribution in [2.45, 2.75) is 63.8 Å². The molecule has 0 saturated heterocycles. The summed E-state index contributed by atoms with van der Waals surface area (Å²) in [5.74, 6) is -5.46. The number of benzene rings is 3. The number of carbonyl (C=O) groups is 6. The van der Waals surface area contributed by atoms with Gasteiger partial charge in [-0.2, -0.15) is 0 Å². The average Bonchev–Trinajstić information content (AvgIpc) is 3.05. The Labute approximate surface area is 287 Å². The molecule has 4 amide bonds. The number of aliphatic carboxylic acids is 1. The van der Waals surface area contributed by atoms with Gasteiger partial charge in [-0.05, 0) is 49.6 Å². The Morgan fingerprint density at radius 2 is 1.34 bits per heavy atom. The van der Waals surface area contributed by atoms with E-state index in [1.807, 2.05) is 0 Å². The van der Waals surface area contributed by atoms with E-state index in [0.717, 1.165) is 6.07 Å². The van der Waals surface area contributed by atoms with Gasteiger partial charge in [-0.3, -0.25) is 25.2 Å². The highest BCUT2D eigenvalue weighted by Crippen LogP contribution is 2.22. The third-order valence-electron chi connectivity index (χ3n) is 6.88. The van der Waals surface area contributed by atoms with Crippen molar-refractivity contribution in [1.29, 1.82) is 0 Å². The monoisotopic (exact) mass is 692 g/mol. The Bertz CT molecular complexity index is 1660. The molecule has 50 heavy (non-hydrogen) atoms. The molecule has 3 aromatic rings. The van der Waals surface area contributed by atoms with E-state index in [1.54, 1.807) is 81.4 Å². The zero-order valence-corrected chi connectivity index (χ0v) is 27.7. The molecular formula is C35H40N4O11. The van der Waals surface area contributed by atoms with Gasteiger partial charge in [0.25, 0.3) is 5.91 Å². The topological polar surface area (TPSA) is 230 Å². The minimum absolute atomic E-state index is 0.00708. The molecule has 0 spiro atoms. The van der Waals surface area contributed by atoms with Crippen molar-refractivity contribution < 1.29 is 53.6 Å². The van der Waals surface area contributed by atoms with Crippen LogP contribution in [0.1, 0.15) is 60.3 Å². The molecule has 266 valence electrons. The third kappa shape index (κ3) is 12.9. The Hall–Kier alpha value is -5.96. The zero-order chi connectivity index (χ0) is 36.8. The highest BCUT2D eigenvalue weighted by atomic mass is 16.6. The van der Waals surface area contributed by atoms with Crippen molar-refractivity contribution in [1.82, 2.24) is 21.5 Å². The molecule has 0 aliphatic heterocycles. The minimum atomic E-state index is -1.45. The van der Waals surface area contributed by atoms with Crippen LogP contribution in [-0.2, 0) is 36.8 Å². The largest absolute Gasteiger partial charge is 0.481 e. The summed E-state index contributed by atoms with van der Waals surface area (Å²) in [7, 11) is 0. The van der Waals surface area contributed by atoms with E-state index < -0.39 is 78.1 Å². The summed E-state index contributed by atoms with van der Waals surface area (Å²) < 4.78 is 10.4. The number of aliphatic hydroxyl groups is 1. The molecule has 1 unspecified atom stereocenters. The summed E-state index contributed by atoms with van der Waals surface area (Å²) in [6.07, 6.45) is -2.77. The summed E-state index contributed by atoms with van der Waals surface area (Å²) in [5, 5.41) is 34.2. The molecule has 3 aromatic carbocycles. The van der Waals surface area contributed by atoms with Crippen molar-refractivity contribution in [3.63, 3.8) is 0 Å². The number of carboxylic acid groups (broad SMARTS) is 2. The molecule has 7 N–H and O–H groups in total. The molecular weight excluding hydrogens is 652 g/mol. The SMILES string of the molecule is CC(C)(C)OC(=O)N[C@@H](Cc1ccccc1)C(=O)N[C@@H](Cc1ccc(OCC(=O)O)c(C(=O)O)c1)C(=O)NNC(=O)CC(O)c1ccccc1. The summed E-state index contributed by atoms with van der Waals surface area (Å²) in [4.78, 5) is 75.4. The molecule has 0 aliphatic rings. The molecule has 15 nitrogen and oxygen atoms in total. The third-order valence-corrected chi connectivity index (χ3v) is 6.88. The lowest BCUT2D eigenvalue weighted by Gasteiger charge is -2.25. The Morgan fingerprint density at radius 3 is 1.94 bits per heavy atom. The minimum Gasteiger partial charge on any atom is -0.481 e. The molecule has 0 radical (unpaired) electrons. The van der Waals surface area contributed by atoms with Gasteiger partial charge in [0.1, 0.15) is 29.0 Å². The van der Waals surface area contributed by atoms with E-state index in [2.05, 4.69) is 21.5 Å². The second-order valence-electron chi connectivity index (χ2n) is 12.1. The number of ether oxygens (including phenoxy) is 2. The van der Waals surface area contributed by atoms with Crippen LogP contribution in [0, 0.1) is 0 Å². The van der Waals surface area contributed by atoms with Gasteiger partial charge in [0.05, 0.1) is 12.5 Å². The number of alkyl carbamates (subject to hydrolysis) is 1. The van der Waals surface area contributed by atoms with Crippen molar-refractivity contribution in [3.05, 3.63) is 101 Å². The van der Waals surface area contributed by atoms with Crippen molar-refractivity contribution in [2.24, 2.45) is 0 Å². The number of rotatable bonds is 15. The highest BCUT2D eigenvalue weighted by Gasteiger charge is 2.30. The molecule has 3 rings (SSSR count). The molecule has 0 saturated carbocycles. The van der Waals surface area contributed by atoms with Gasteiger partial charge in [-0.25, -0.2) is 14.4 Å². The molecule has 0 aliphatic carbocycles. The summed E-state index contributed by atoms with van der Waals surface area (Å²) in [6, 6.07) is 18.2. The van der Waals surface area contributed by atoms with E-state index in [9.17, 15) is 39.0 Å². The van der Waals surface area contributed by atoms with Gasteiger partial charge >= 0.3 is 18.0 Å². The number of hydrazine groups is 1. The fourth-order valence-electron chi connectivity index (χ4n) is 4.60. The second-order valence-corrected chi connectivity index (χ2v) is 12.1. The standard InChI is InChI=1S/C35H40N4O11/c1-35(2,3)50-34(48)37-25(17-21-10-6-4-7-11-21)31(44)36-26(18-22-14-15-28(49-20-30(42)43)24(16-22)33(46)47)32(45)39-38-29(41)19-27(40)23-12-8-5-9-13-23/h4-16,25-27,40H,17-20H2,1-3H3,(H,36,44)(H,37,48)(H,38,41)(H,39,45)(H,42,43)(H,46,47)/t25-,26-,27?/m0/s1. The van der Waals surface area contributed by atoms with Gasteiger partial charge < -0.3 is 35.4 Å². The number of hydrogen-bond donors (Lipinski definition) is 7. The molecule has 0 aromatic heterocycles. The van der Waals surface area contributed by atoms with Gasteiger partial charge in [0.15, 0.2) is 6.61 Å². The van der Waals surface area contributed by atoms with Gasteiger partial charge in [-0.15, -0.1) is 0 Å². The van der Waals surface area contributed by atoms with Crippen molar-refractivity contribution in [2.75, 3.05) is 6.61 Å². The molecule has 3 atom stereocenters. The molecule has 0 bridgehead atoms. The first-order valence-corrected chi connectivity index (χ1v) is 15.5. The normalized spacial score (nSPS) is 12.7. The first kappa shape index (κ1) is 38.5. The molecule has 0 heterocycles. The van der Waals surface area contributed by atoms with Crippen LogP contribution in [0.2, 0.25) is 0 Å².